The van der Waals surface area contributed by atoms with Crippen LogP contribution in [-0.4, -0.2) is 33.8 Å². The lowest BCUT2D eigenvalue weighted by Gasteiger charge is -2.28. The van der Waals surface area contributed by atoms with Crippen LogP contribution in [0.3, 0.4) is 0 Å². The van der Waals surface area contributed by atoms with Crippen LogP contribution in [0, 0.1) is 29.6 Å². The number of carbonyl (C=O) groups is 3. The SMILES string of the molecule is CC[C@H](C)[C@@H](C(=O)O)N1C(=O)[C@@H]2[C@H](C1=O)[C@H]1C=C[C@@H]2C1. The summed E-state index contributed by atoms with van der Waals surface area (Å²) >= 11 is 0. The summed E-state index contributed by atoms with van der Waals surface area (Å²) in [5.41, 5.74) is 0. The number of amides is 2. The van der Waals surface area contributed by atoms with Gasteiger partial charge < -0.3 is 5.11 Å². The molecule has 0 aromatic rings. The summed E-state index contributed by atoms with van der Waals surface area (Å²) in [7, 11) is 0. The van der Waals surface area contributed by atoms with Crippen molar-refractivity contribution in [3.8, 4) is 0 Å². The largest absolute Gasteiger partial charge is 0.480 e. The molecule has 2 bridgehead atoms. The molecular weight excluding hydrogens is 258 g/mol. The van der Waals surface area contributed by atoms with Gasteiger partial charge in [-0.15, -0.1) is 0 Å². The third kappa shape index (κ3) is 1.58. The Labute approximate surface area is 117 Å². The quantitative estimate of drug-likeness (QED) is 0.620. The van der Waals surface area contributed by atoms with Gasteiger partial charge in [-0.2, -0.15) is 0 Å². The van der Waals surface area contributed by atoms with E-state index >= 15 is 0 Å². The van der Waals surface area contributed by atoms with Crippen molar-refractivity contribution in [3.63, 3.8) is 0 Å². The van der Waals surface area contributed by atoms with E-state index in [1.165, 1.54) is 0 Å². The number of hydrogen-bond donors (Lipinski definition) is 1. The number of allylic oxidation sites excluding steroid dienone is 2. The van der Waals surface area contributed by atoms with E-state index in [0.717, 1.165) is 11.3 Å². The molecule has 0 unspecified atom stereocenters. The fourth-order valence-electron chi connectivity index (χ4n) is 4.03. The monoisotopic (exact) mass is 277 g/mol. The minimum Gasteiger partial charge on any atom is -0.480 e. The van der Waals surface area contributed by atoms with Crippen molar-refractivity contribution in [3.05, 3.63) is 12.2 Å². The first kappa shape index (κ1) is 13.3. The highest BCUT2D eigenvalue weighted by molar-refractivity contribution is 6.08. The molecule has 2 amide bonds. The summed E-state index contributed by atoms with van der Waals surface area (Å²) in [4.78, 5) is 37.7. The van der Waals surface area contributed by atoms with Crippen molar-refractivity contribution in [1.82, 2.24) is 4.90 Å². The number of rotatable bonds is 4. The van der Waals surface area contributed by atoms with E-state index in [1.54, 1.807) is 6.92 Å². The Hall–Kier alpha value is -1.65. The molecule has 5 heteroatoms. The summed E-state index contributed by atoms with van der Waals surface area (Å²) in [6.07, 6.45) is 5.51. The van der Waals surface area contributed by atoms with Gasteiger partial charge in [0.05, 0.1) is 11.8 Å². The molecule has 108 valence electrons. The fourth-order valence-corrected chi connectivity index (χ4v) is 4.03. The van der Waals surface area contributed by atoms with Crippen LogP contribution in [0.1, 0.15) is 26.7 Å². The number of carbonyl (C=O) groups excluding carboxylic acids is 2. The highest BCUT2D eigenvalue weighted by Crippen LogP contribution is 2.53. The molecule has 6 atom stereocenters. The molecule has 3 rings (SSSR count). The Morgan fingerprint density at radius 3 is 2.20 bits per heavy atom. The van der Waals surface area contributed by atoms with Gasteiger partial charge in [0.1, 0.15) is 6.04 Å². The molecule has 5 nitrogen and oxygen atoms in total. The maximum absolute atomic E-state index is 12.6. The van der Waals surface area contributed by atoms with E-state index in [2.05, 4.69) is 0 Å². The van der Waals surface area contributed by atoms with Crippen molar-refractivity contribution in [2.75, 3.05) is 0 Å². The van der Waals surface area contributed by atoms with Gasteiger partial charge in [-0.1, -0.05) is 32.4 Å². The molecule has 0 radical (unpaired) electrons. The van der Waals surface area contributed by atoms with Crippen LogP contribution in [0.25, 0.3) is 0 Å². The first-order chi connectivity index (χ1) is 9.47. The minimum absolute atomic E-state index is 0.123. The fraction of sp³-hybridized carbons (Fsp3) is 0.667. The van der Waals surface area contributed by atoms with Crippen LogP contribution in [0.5, 0.6) is 0 Å². The standard InChI is InChI=1S/C15H19NO4/c1-3-7(2)12(15(19)20)16-13(17)10-8-4-5-9(6-8)11(10)14(16)18/h4-5,7-12H,3,6H2,1-2H3,(H,19,20)/t7-,8-,9+,10+,11-,12-/m0/s1. The van der Waals surface area contributed by atoms with Crippen molar-refractivity contribution in [2.45, 2.75) is 32.7 Å². The van der Waals surface area contributed by atoms with Gasteiger partial charge in [0, 0.05) is 0 Å². The number of aliphatic carboxylic acids is 1. The molecular formula is C15H19NO4. The summed E-state index contributed by atoms with van der Waals surface area (Å²) in [5.74, 6) is -2.25. The second kappa shape index (κ2) is 4.43. The molecule has 1 saturated heterocycles. The van der Waals surface area contributed by atoms with E-state index in [0.29, 0.717) is 6.42 Å². The van der Waals surface area contributed by atoms with Crippen molar-refractivity contribution in [1.29, 1.82) is 0 Å². The molecule has 20 heavy (non-hydrogen) atoms. The van der Waals surface area contributed by atoms with Crippen LogP contribution in [0.15, 0.2) is 12.2 Å². The van der Waals surface area contributed by atoms with Crippen molar-refractivity contribution >= 4 is 17.8 Å². The zero-order chi connectivity index (χ0) is 14.6. The van der Waals surface area contributed by atoms with Gasteiger partial charge in [0.15, 0.2) is 0 Å². The number of fused-ring (bicyclic) bond motifs is 5. The number of carboxylic acids is 1. The average Bonchev–Trinajstić information content (AvgIpc) is 3.07. The third-order valence-electron chi connectivity index (χ3n) is 5.22. The smallest absolute Gasteiger partial charge is 0.327 e. The molecule has 0 aromatic carbocycles. The Kier molecular flexibility index (Phi) is 2.96. The highest BCUT2D eigenvalue weighted by atomic mass is 16.4. The second-order valence-electron chi connectivity index (χ2n) is 6.21. The topological polar surface area (TPSA) is 74.7 Å². The van der Waals surface area contributed by atoms with Gasteiger partial charge in [0.25, 0.3) is 0 Å². The lowest BCUT2D eigenvalue weighted by atomic mass is 9.85. The molecule has 1 heterocycles. The predicted molar refractivity (Wildman–Crippen MR) is 70.4 cm³/mol. The van der Waals surface area contributed by atoms with Crippen LogP contribution in [0.4, 0.5) is 0 Å². The Morgan fingerprint density at radius 2 is 1.80 bits per heavy atom. The second-order valence-corrected chi connectivity index (χ2v) is 6.21. The van der Waals surface area contributed by atoms with Gasteiger partial charge >= 0.3 is 5.97 Å². The normalized spacial score (nSPS) is 37.4. The number of likely N-dealkylation sites (tertiary alicyclic amines) is 1. The Balaban J connectivity index is 1.94. The molecule has 1 N–H and O–H groups in total. The third-order valence-corrected chi connectivity index (χ3v) is 5.22. The van der Waals surface area contributed by atoms with Crippen molar-refractivity contribution < 1.29 is 19.5 Å². The van der Waals surface area contributed by atoms with E-state index in [9.17, 15) is 19.5 Å². The van der Waals surface area contributed by atoms with Crippen molar-refractivity contribution in [2.24, 2.45) is 29.6 Å². The first-order valence-corrected chi connectivity index (χ1v) is 7.25. The van der Waals surface area contributed by atoms with Gasteiger partial charge in [-0.05, 0) is 24.2 Å². The summed E-state index contributed by atoms with van der Waals surface area (Å²) < 4.78 is 0. The lowest BCUT2D eigenvalue weighted by molar-refractivity contribution is -0.157. The number of imide groups is 1. The summed E-state index contributed by atoms with van der Waals surface area (Å²) in [6, 6.07) is -1.02. The Bertz CT molecular complexity index is 482. The molecule has 1 aliphatic heterocycles. The summed E-state index contributed by atoms with van der Waals surface area (Å²) in [5, 5.41) is 9.42. The predicted octanol–water partition coefficient (Wildman–Crippen LogP) is 1.29. The number of hydrogen-bond acceptors (Lipinski definition) is 3. The zero-order valence-electron chi connectivity index (χ0n) is 11.7. The molecule has 0 spiro atoms. The van der Waals surface area contributed by atoms with E-state index in [-0.39, 0.29) is 41.4 Å². The molecule has 1 saturated carbocycles. The van der Waals surface area contributed by atoms with E-state index in [4.69, 9.17) is 0 Å². The molecule has 3 aliphatic rings. The van der Waals surface area contributed by atoms with E-state index < -0.39 is 12.0 Å². The maximum atomic E-state index is 12.6. The van der Waals surface area contributed by atoms with Gasteiger partial charge in [-0.25, -0.2) is 4.79 Å². The zero-order valence-corrected chi connectivity index (χ0v) is 11.7. The van der Waals surface area contributed by atoms with Crippen LogP contribution < -0.4 is 0 Å². The average molecular weight is 277 g/mol. The van der Waals surface area contributed by atoms with Gasteiger partial charge in [0.2, 0.25) is 11.8 Å². The number of nitrogens with zero attached hydrogens (tertiary/aromatic N) is 1. The van der Waals surface area contributed by atoms with Crippen LogP contribution >= 0.6 is 0 Å². The number of carboxylic acid groups (broad SMARTS) is 1. The molecule has 0 aromatic heterocycles. The minimum atomic E-state index is -1.08. The molecule has 2 fully saturated rings. The maximum Gasteiger partial charge on any atom is 0.327 e. The molecule has 2 aliphatic carbocycles. The van der Waals surface area contributed by atoms with Crippen LogP contribution in [0.2, 0.25) is 0 Å². The first-order valence-electron chi connectivity index (χ1n) is 7.25. The lowest BCUT2D eigenvalue weighted by Crippen LogP contribution is -2.49. The summed E-state index contributed by atoms with van der Waals surface area (Å²) in [6.45, 7) is 3.65. The highest BCUT2D eigenvalue weighted by Gasteiger charge is 2.61. The Morgan fingerprint density at radius 1 is 1.30 bits per heavy atom. The van der Waals surface area contributed by atoms with Crippen LogP contribution in [-0.2, 0) is 14.4 Å². The van der Waals surface area contributed by atoms with Gasteiger partial charge in [-0.3, -0.25) is 14.5 Å². The van der Waals surface area contributed by atoms with E-state index in [1.807, 2.05) is 19.1 Å².